The van der Waals surface area contributed by atoms with Gasteiger partial charge in [0.25, 0.3) is 0 Å². The third-order valence-corrected chi connectivity index (χ3v) is 4.74. The van der Waals surface area contributed by atoms with Gasteiger partial charge in [0.15, 0.2) is 0 Å². The molecule has 1 aromatic heterocycles. The lowest BCUT2D eigenvalue weighted by Crippen LogP contribution is -1.90. The number of hydrogen-bond donors (Lipinski definition) is 0. The largest absolute Gasteiger partial charge is 0.229 e. The van der Waals surface area contributed by atoms with Crippen LogP contribution in [0, 0.1) is 6.92 Å². The molecule has 0 saturated carbocycles. The molecule has 0 amide bonds. The molecule has 18 heavy (non-hydrogen) atoms. The van der Waals surface area contributed by atoms with Gasteiger partial charge in [0.05, 0.1) is 0 Å². The number of halogens is 1. The summed E-state index contributed by atoms with van der Waals surface area (Å²) in [5.41, 5.74) is 3.93. The van der Waals surface area contributed by atoms with Crippen molar-refractivity contribution in [1.29, 1.82) is 0 Å². The minimum Gasteiger partial charge on any atom is -0.229 e. The van der Waals surface area contributed by atoms with Gasteiger partial charge in [-0.15, -0.1) is 0 Å². The second-order valence-electron chi connectivity index (χ2n) is 4.48. The number of aromatic nitrogens is 2. The minimum absolute atomic E-state index is 0.536. The molecule has 1 aliphatic rings. The maximum absolute atomic E-state index is 6.01. The van der Waals surface area contributed by atoms with Crippen molar-refractivity contribution in [3.63, 3.8) is 0 Å². The van der Waals surface area contributed by atoms with E-state index in [1.54, 1.807) is 11.8 Å². The van der Waals surface area contributed by atoms with E-state index < -0.39 is 0 Å². The van der Waals surface area contributed by atoms with Crippen LogP contribution in [0.1, 0.15) is 23.1 Å². The van der Waals surface area contributed by atoms with Crippen molar-refractivity contribution in [2.75, 3.05) is 0 Å². The van der Waals surface area contributed by atoms with Crippen LogP contribution in [0.3, 0.4) is 0 Å². The zero-order valence-corrected chi connectivity index (χ0v) is 11.7. The Kier molecular flexibility index (Phi) is 3.27. The van der Waals surface area contributed by atoms with Crippen LogP contribution < -0.4 is 0 Å². The van der Waals surface area contributed by atoms with E-state index in [0.717, 1.165) is 10.6 Å². The summed E-state index contributed by atoms with van der Waals surface area (Å²) in [6.07, 6.45) is 5.22. The average molecular weight is 277 g/mol. The molecule has 2 aromatic rings. The second kappa shape index (κ2) is 4.90. The fourth-order valence-corrected chi connectivity index (χ4v) is 3.34. The Morgan fingerprint density at radius 1 is 1.17 bits per heavy atom. The van der Waals surface area contributed by atoms with Crippen molar-refractivity contribution < 1.29 is 0 Å². The number of rotatable bonds is 2. The molecule has 0 spiro atoms. The van der Waals surface area contributed by atoms with Crippen LogP contribution in [0.4, 0.5) is 0 Å². The fourth-order valence-electron chi connectivity index (χ4n) is 2.24. The van der Waals surface area contributed by atoms with E-state index >= 15 is 0 Å². The standard InChI is InChI=1S/C14H13ClN2S/c1-9-13(15)16-8-17-14(9)18-12-6-5-10-3-2-4-11(10)7-12/h5-8H,2-4H2,1H3. The number of aryl methyl sites for hydroxylation is 2. The highest BCUT2D eigenvalue weighted by Gasteiger charge is 2.12. The summed E-state index contributed by atoms with van der Waals surface area (Å²) in [6, 6.07) is 6.69. The Hall–Kier alpha value is -1.06. The van der Waals surface area contributed by atoms with E-state index in [1.807, 2.05) is 6.92 Å². The Labute approximate surface area is 116 Å². The third-order valence-electron chi connectivity index (χ3n) is 3.26. The highest BCUT2D eigenvalue weighted by molar-refractivity contribution is 7.99. The third kappa shape index (κ3) is 2.25. The zero-order chi connectivity index (χ0) is 12.5. The van der Waals surface area contributed by atoms with Gasteiger partial charge in [-0.2, -0.15) is 0 Å². The van der Waals surface area contributed by atoms with Crippen molar-refractivity contribution in [2.24, 2.45) is 0 Å². The summed E-state index contributed by atoms with van der Waals surface area (Å²) < 4.78 is 0. The van der Waals surface area contributed by atoms with Gasteiger partial charge in [0.1, 0.15) is 16.5 Å². The molecule has 0 N–H and O–H groups in total. The van der Waals surface area contributed by atoms with Crippen molar-refractivity contribution in [2.45, 2.75) is 36.1 Å². The second-order valence-corrected chi connectivity index (χ2v) is 5.90. The first kappa shape index (κ1) is 12.0. The van der Waals surface area contributed by atoms with Gasteiger partial charge < -0.3 is 0 Å². The quantitative estimate of drug-likeness (QED) is 0.773. The van der Waals surface area contributed by atoms with Gasteiger partial charge in [-0.25, -0.2) is 9.97 Å². The molecule has 0 unspecified atom stereocenters. The van der Waals surface area contributed by atoms with Gasteiger partial charge >= 0.3 is 0 Å². The van der Waals surface area contributed by atoms with Crippen LogP contribution in [0.15, 0.2) is 34.4 Å². The van der Waals surface area contributed by atoms with Gasteiger partial charge in [-0.3, -0.25) is 0 Å². The molecular weight excluding hydrogens is 264 g/mol. The predicted molar refractivity (Wildman–Crippen MR) is 74.4 cm³/mol. The van der Waals surface area contributed by atoms with Crippen LogP contribution in [-0.2, 0) is 12.8 Å². The van der Waals surface area contributed by atoms with Crippen LogP contribution in [-0.4, -0.2) is 9.97 Å². The molecule has 0 fully saturated rings. The van der Waals surface area contributed by atoms with Crippen LogP contribution in [0.5, 0.6) is 0 Å². The lowest BCUT2D eigenvalue weighted by atomic mass is 10.1. The molecule has 0 bridgehead atoms. The summed E-state index contributed by atoms with van der Waals surface area (Å²) in [5, 5.41) is 1.47. The van der Waals surface area contributed by atoms with Crippen molar-refractivity contribution >= 4 is 23.4 Å². The highest BCUT2D eigenvalue weighted by atomic mass is 35.5. The first-order valence-electron chi connectivity index (χ1n) is 6.01. The normalized spacial score (nSPS) is 13.7. The van der Waals surface area contributed by atoms with Gasteiger partial charge in [0, 0.05) is 10.5 Å². The molecule has 0 saturated heterocycles. The zero-order valence-electron chi connectivity index (χ0n) is 10.1. The SMILES string of the molecule is Cc1c(Cl)ncnc1Sc1ccc2c(c1)CCC2. The molecule has 0 atom stereocenters. The van der Waals surface area contributed by atoms with Crippen LogP contribution in [0.25, 0.3) is 0 Å². The first-order valence-corrected chi connectivity index (χ1v) is 7.20. The average Bonchev–Trinajstić information content (AvgIpc) is 2.82. The maximum atomic E-state index is 6.01. The van der Waals surface area contributed by atoms with Crippen LogP contribution in [0.2, 0.25) is 5.15 Å². The summed E-state index contributed by atoms with van der Waals surface area (Å²) in [5.74, 6) is 0. The molecule has 2 nitrogen and oxygen atoms in total. The Balaban J connectivity index is 1.90. The molecule has 3 rings (SSSR count). The number of hydrogen-bond acceptors (Lipinski definition) is 3. The summed E-state index contributed by atoms with van der Waals surface area (Å²) in [7, 11) is 0. The summed E-state index contributed by atoms with van der Waals surface area (Å²) in [4.78, 5) is 9.51. The topological polar surface area (TPSA) is 25.8 Å². The van der Waals surface area contributed by atoms with E-state index in [-0.39, 0.29) is 0 Å². The maximum Gasteiger partial charge on any atom is 0.136 e. The highest BCUT2D eigenvalue weighted by Crippen LogP contribution is 2.33. The minimum atomic E-state index is 0.536. The fraction of sp³-hybridized carbons (Fsp3) is 0.286. The monoisotopic (exact) mass is 276 g/mol. The van der Waals surface area contributed by atoms with Crippen molar-refractivity contribution in [1.82, 2.24) is 9.97 Å². The lowest BCUT2D eigenvalue weighted by Gasteiger charge is -2.07. The Morgan fingerprint density at radius 2 is 2.00 bits per heavy atom. The van der Waals surface area contributed by atoms with E-state index in [9.17, 15) is 0 Å². The Bertz CT molecular complexity index is 598. The van der Waals surface area contributed by atoms with Gasteiger partial charge in [0.2, 0.25) is 0 Å². The number of nitrogens with zero attached hydrogens (tertiary/aromatic N) is 2. The smallest absolute Gasteiger partial charge is 0.136 e. The van der Waals surface area contributed by atoms with Crippen molar-refractivity contribution in [3.05, 3.63) is 46.4 Å². The molecule has 0 radical (unpaired) electrons. The van der Waals surface area contributed by atoms with E-state index in [2.05, 4.69) is 28.2 Å². The molecule has 92 valence electrons. The molecule has 1 aliphatic carbocycles. The molecular formula is C14H13ClN2S. The lowest BCUT2D eigenvalue weighted by molar-refractivity contribution is 0.911. The van der Waals surface area contributed by atoms with Gasteiger partial charge in [-0.05, 0) is 49.4 Å². The number of fused-ring (bicyclic) bond motifs is 1. The van der Waals surface area contributed by atoms with Crippen LogP contribution >= 0.6 is 23.4 Å². The van der Waals surface area contributed by atoms with Crippen molar-refractivity contribution in [3.8, 4) is 0 Å². The van der Waals surface area contributed by atoms with E-state index in [0.29, 0.717) is 5.15 Å². The number of benzene rings is 1. The van der Waals surface area contributed by atoms with E-state index in [1.165, 1.54) is 41.6 Å². The molecule has 4 heteroatoms. The summed E-state index contributed by atoms with van der Waals surface area (Å²) >= 11 is 7.67. The van der Waals surface area contributed by atoms with E-state index in [4.69, 9.17) is 11.6 Å². The molecule has 0 aliphatic heterocycles. The molecule has 1 aromatic carbocycles. The summed E-state index contributed by atoms with van der Waals surface area (Å²) in [6.45, 7) is 1.96. The predicted octanol–water partition coefficient (Wildman–Crippen LogP) is 4.08. The Morgan fingerprint density at radius 3 is 2.89 bits per heavy atom. The first-order chi connectivity index (χ1) is 8.74. The van der Waals surface area contributed by atoms with Gasteiger partial charge in [-0.1, -0.05) is 29.4 Å². The molecule has 1 heterocycles.